The van der Waals surface area contributed by atoms with Crippen LogP contribution in [0.1, 0.15) is 21.5 Å². The molecule has 3 aromatic rings. The Balaban J connectivity index is 1.74. The van der Waals surface area contributed by atoms with Crippen molar-refractivity contribution >= 4 is 17.9 Å². The summed E-state index contributed by atoms with van der Waals surface area (Å²) < 4.78 is 11.2. The van der Waals surface area contributed by atoms with Crippen molar-refractivity contribution in [1.29, 1.82) is 0 Å². The molecule has 2 N–H and O–H groups in total. The first-order chi connectivity index (χ1) is 13.6. The Hall–Kier alpha value is -3.80. The fourth-order valence-corrected chi connectivity index (χ4v) is 2.56. The van der Waals surface area contributed by atoms with Crippen molar-refractivity contribution in [2.75, 3.05) is 7.11 Å². The third-order valence-corrected chi connectivity index (χ3v) is 3.99. The lowest BCUT2D eigenvalue weighted by Gasteiger charge is -2.11. The van der Waals surface area contributed by atoms with Crippen molar-refractivity contribution in [2.24, 2.45) is 4.99 Å². The third kappa shape index (κ3) is 4.67. The van der Waals surface area contributed by atoms with Crippen molar-refractivity contribution in [1.82, 2.24) is 0 Å². The molecule has 0 fully saturated rings. The highest BCUT2D eigenvalue weighted by atomic mass is 16.5. The molecular weight excluding hydrogens is 358 g/mol. The third-order valence-electron chi connectivity index (χ3n) is 3.99. The lowest BCUT2D eigenvalue weighted by molar-refractivity contribution is 0.0696. The molecule has 0 saturated carbocycles. The first-order valence-electron chi connectivity index (χ1n) is 8.52. The summed E-state index contributed by atoms with van der Waals surface area (Å²) in [5, 5.41) is 18.8. The smallest absolute Gasteiger partial charge is 0.335 e. The second kappa shape index (κ2) is 8.73. The summed E-state index contributed by atoms with van der Waals surface area (Å²) in [6, 6.07) is 18.7. The lowest BCUT2D eigenvalue weighted by Crippen LogP contribution is -2.01. The molecule has 0 bridgehead atoms. The van der Waals surface area contributed by atoms with E-state index in [0.29, 0.717) is 17.2 Å². The highest BCUT2D eigenvalue weighted by Crippen LogP contribution is 2.29. The van der Waals surface area contributed by atoms with E-state index in [1.807, 2.05) is 6.07 Å². The van der Waals surface area contributed by atoms with Crippen molar-refractivity contribution in [2.45, 2.75) is 6.61 Å². The average Bonchev–Trinajstić information content (AvgIpc) is 2.72. The van der Waals surface area contributed by atoms with Crippen LogP contribution in [0.2, 0.25) is 0 Å². The van der Waals surface area contributed by atoms with E-state index in [1.54, 1.807) is 60.8 Å². The number of carboxylic acids is 1. The number of carboxylic acid groups (broad SMARTS) is 1. The summed E-state index contributed by atoms with van der Waals surface area (Å²) in [7, 11) is 1.54. The van der Waals surface area contributed by atoms with Crippen LogP contribution in [-0.2, 0) is 6.61 Å². The van der Waals surface area contributed by atoms with Gasteiger partial charge >= 0.3 is 5.97 Å². The Kier molecular flexibility index (Phi) is 5.91. The molecule has 28 heavy (non-hydrogen) atoms. The fourth-order valence-electron chi connectivity index (χ4n) is 2.56. The Bertz CT molecular complexity index is 1010. The second-order valence-electron chi connectivity index (χ2n) is 5.95. The van der Waals surface area contributed by atoms with E-state index < -0.39 is 5.97 Å². The van der Waals surface area contributed by atoms with Crippen LogP contribution in [0.15, 0.2) is 71.7 Å². The van der Waals surface area contributed by atoms with E-state index in [2.05, 4.69) is 4.99 Å². The maximum Gasteiger partial charge on any atom is 0.335 e. The molecule has 0 saturated heterocycles. The first-order valence-corrected chi connectivity index (χ1v) is 8.52. The molecular formula is C22H19NO5. The highest BCUT2D eigenvalue weighted by Gasteiger charge is 2.08. The van der Waals surface area contributed by atoms with Gasteiger partial charge in [-0.05, 0) is 53.6 Å². The molecule has 3 aromatic carbocycles. The van der Waals surface area contributed by atoms with Crippen LogP contribution in [-0.4, -0.2) is 29.5 Å². The van der Waals surface area contributed by atoms with Gasteiger partial charge in [0.25, 0.3) is 0 Å². The Morgan fingerprint density at radius 1 is 1.04 bits per heavy atom. The molecule has 142 valence electrons. The topological polar surface area (TPSA) is 88.4 Å². The van der Waals surface area contributed by atoms with Gasteiger partial charge in [-0.15, -0.1) is 0 Å². The van der Waals surface area contributed by atoms with E-state index in [9.17, 15) is 9.90 Å². The maximum absolute atomic E-state index is 11.1. The summed E-state index contributed by atoms with van der Waals surface area (Å²) in [4.78, 5) is 15.3. The van der Waals surface area contributed by atoms with Crippen LogP contribution in [0.5, 0.6) is 17.2 Å². The van der Waals surface area contributed by atoms with Gasteiger partial charge in [0.05, 0.1) is 12.7 Å². The number of ether oxygens (including phenoxy) is 2. The maximum atomic E-state index is 11.1. The van der Waals surface area contributed by atoms with Gasteiger partial charge in [-0.25, -0.2) is 4.79 Å². The minimum absolute atomic E-state index is 0.106. The van der Waals surface area contributed by atoms with Gasteiger partial charge in [-0.3, -0.25) is 4.99 Å². The molecule has 0 heterocycles. The van der Waals surface area contributed by atoms with Crippen molar-refractivity contribution in [3.8, 4) is 17.2 Å². The molecule has 0 radical (unpaired) electrons. The molecule has 6 heteroatoms. The molecule has 0 atom stereocenters. The zero-order valence-corrected chi connectivity index (χ0v) is 15.2. The summed E-state index contributed by atoms with van der Waals surface area (Å²) in [5.74, 6) is 0.181. The lowest BCUT2D eigenvalue weighted by atomic mass is 10.1. The molecule has 0 amide bonds. The van der Waals surface area contributed by atoms with Gasteiger partial charge in [0.1, 0.15) is 18.0 Å². The van der Waals surface area contributed by atoms with Crippen molar-refractivity contribution < 1.29 is 24.5 Å². The standard InChI is InChI=1S/C22H19NO5/c1-27-21-12-15(13-23-18-7-2-3-8-19(18)24)9-10-20(21)28-14-16-5-4-6-17(11-16)22(25)26/h2-13,24H,14H2,1H3,(H,25,26). The van der Waals surface area contributed by atoms with Crippen molar-refractivity contribution in [3.63, 3.8) is 0 Å². The van der Waals surface area contributed by atoms with Crippen LogP contribution < -0.4 is 9.47 Å². The summed E-state index contributed by atoms with van der Waals surface area (Å²) in [5.41, 5.74) is 2.20. The minimum atomic E-state index is -0.979. The Morgan fingerprint density at radius 3 is 2.61 bits per heavy atom. The number of aromatic hydroxyl groups is 1. The molecule has 0 unspecified atom stereocenters. The minimum Gasteiger partial charge on any atom is -0.506 e. The number of hydrogen-bond acceptors (Lipinski definition) is 5. The van der Waals surface area contributed by atoms with Gasteiger partial charge < -0.3 is 19.7 Å². The fraction of sp³-hybridized carbons (Fsp3) is 0.0909. The molecule has 0 aromatic heterocycles. The van der Waals surface area contributed by atoms with E-state index in [-0.39, 0.29) is 17.9 Å². The van der Waals surface area contributed by atoms with Crippen LogP contribution in [0.3, 0.4) is 0 Å². The van der Waals surface area contributed by atoms with Gasteiger partial charge in [0.15, 0.2) is 11.5 Å². The van der Waals surface area contributed by atoms with Crippen LogP contribution >= 0.6 is 0 Å². The summed E-state index contributed by atoms with van der Waals surface area (Å²) >= 11 is 0. The van der Waals surface area contributed by atoms with Gasteiger partial charge in [-0.1, -0.05) is 24.3 Å². The SMILES string of the molecule is COc1cc(C=Nc2ccccc2O)ccc1OCc1cccc(C(=O)O)c1. The monoisotopic (exact) mass is 377 g/mol. The number of methoxy groups -OCH3 is 1. The summed E-state index contributed by atoms with van der Waals surface area (Å²) in [6.45, 7) is 0.211. The highest BCUT2D eigenvalue weighted by molar-refractivity contribution is 5.87. The number of rotatable bonds is 7. The first kappa shape index (κ1) is 19.0. The van der Waals surface area contributed by atoms with E-state index in [4.69, 9.17) is 14.6 Å². The van der Waals surface area contributed by atoms with E-state index in [0.717, 1.165) is 11.1 Å². The van der Waals surface area contributed by atoms with E-state index >= 15 is 0 Å². The molecule has 0 aliphatic rings. The quantitative estimate of drug-likeness (QED) is 0.595. The molecule has 6 nitrogen and oxygen atoms in total. The van der Waals surface area contributed by atoms with Crippen molar-refractivity contribution in [3.05, 3.63) is 83.4 Å². The molecule has 0 aliphatic heterocycles. The number of aromatic carboxylic acids is 1. The number of para-hydroxylation sites is 2. The Labute approximate surface area is 162 Å². The molecule has 0 spiro atoms. The zero-order valence-electron chi connectivity index (χ0n) is 15.2. The normalized spacial score (nSPS) is 10.8. The van der Waals surface area contributed by atoms with Crippen LogP contribution in [0, 0.1) is 0 Å². The number of carbonyl (C=O) groups is 1. The number of phenolic OH excluding ortho intramolecular Hbond substituents is 1. The van der Waals surface area contributed by atoms with E-state index in [1.165, 1.54) is 13.2 Å². The number of phenols is 1. The average molecular weight is 377 g/mol. The zero-order chi connectivity index (χ0) is 19.9. The number of nitrogens with zero attached hydrogens (tertiary/aromatic N) is 1. The van der Waals surface area contributed by atoms with Gasteiger partial charge in [0, 0.05) is 6.21 Å². The second-order valence-corrected chi connectivity index (χ2v) is 5.95. The number of aliphatic imine (C=N–C) groups is 1. The van der Waals surface area contributed by atoms with Gasteiger partial charge in [0.2, 0.25) is 0 Å². The largest absolute Gasteiger partial charge is 0.506 e. The predicted octanol–water partition coefficient (Wildman–Crippen LogP) is 4.43. The van der Waals surface area contributed by atoms with Gasteiger partial charge in [-0.2, -0.15) is 0 Å². The number of hydrogen-bond donors (Lipinski definition) is 2. The predicted molar refractivity (Wildman–Crippen MR) is 106 cm³/mol. The molecule has 3 rings (SSSR count). The molecule has 0 aliphatic carbocycles. The van der Waals surface area contributed by atoms with Crippen LogP contribution in [0.4, 0.5) is 5.69 Å². The Morgan fingerprint density at radius 2 is 1.86 bits per heavy atom. The summed E-state index contributed by atoms with van der Waals surface area (Å²) in [6.07, 6.45) is 1.62. The number of benzene rings is 3. The van der Waals surface area contributed by atoms with Crippen LogP contribution in [0.25, 0.3) is 0 Å².